The van der Waals surface area contributed by atoms with E-state index in [4.69, 9.17) is 9.97 Å². The molecule has 10 aromatic rings. The fourth-order valence-corrected chi connectivity index (χ4v) is 7.30. The Bertz CT molecular complexity index is 2710. The molecule has 4 heteroatoms. The number of hydrogen-bond donors (Lipinski definition) is 0. The van der Waals surface area contributed by atoms with Crippen molar-refractivity contribution in [1.29, 1.82) is 0 Å². The normalized spacial score (nSPS) is 11.8. The maximum Gasteiger partial charge on any atom is 0.145 e. The predicted molar refractivity (Wildman–Crippen MR) is 194 cm³/mol. The van der Waals surface area contributed by atoms with Crippen molar-refractivity contribution in [2.75, 3.05) is 0 Å². The summed E-state index contributed by atoms with van der Waals surface area (Å²) in [6.45, 7) is 0. The van der Waals surface area contributed by atoms with Crippen LogP contribution in [0.2, 0.25) is 0 Å². The molecular formula is C43H26N4. The Labute approximate surface area is 270 Å². The molecule has 218 valence electrons. The Kier molecular flexibility index (Phi) is 5.54. The largest absolute Gasteiger partial charge is 0.294 e. The maximum absolute atomic E-state index is 5.17. The molecule has 0 radical (unpaired) electrons. The Hall–Kier alpha value is -6.39. The number of hydrogen-bond acceptors (Lipinski definition) is 3. The first-order valence-electron chi connectivity index (χ1n) is 15.9. The van der Waals surface area contributed by atoms with Crippen LogP contribution in [0.15, 0.2) is 158 Å². The lowest BCUT2D eigenvalue weighted by Gasteiger charge is -2.16. The van der Waals surface area contributed by atoms with E-state index >= 15 is 0 Å². The molecule has 4 nitrogen and oxygen atoms in total. The lowest BCUT2D eigenvalue weighted by atomic mass is 9.89. The van der Waals surface area contributed by atoms with E-state index in [1.165, 1.54) is 43.3 Å². The number of fused-ring (bicyclic) bond motifs is 3. The minimum atomic E-state index is 0.847. The summed E-state index contributed by atoms with van der Waals surface area (Å²) in [7, 11) is 0. The molecule has 0 spiro atoms. The fourth-order valence-electron chi connectivity index (χ4n) is 7.30. The molecule has 0 saturated heterocycles. The molecule has 0 fully saturated rings. The average Bonchev–Trinajstić information content (AvgIpc) is 3.48. The molecule has 0 aliphatic rings. The van der Waals surface area contributed by atoms with Crippen molar-refractivity contribution < 1.29 is 0 Å². The molecule has 0 saturated carbocycles. The van der Waals surface area contributed by atoms with Gasteiger partial charge in [0.2, 0.25) is 0 Å². The predicted octanol–water partition coefficient (Wildman–Crippen LogP) is 10.9. The SMILES string of the molecule is c1ccc(-c2cc(-c3ccc4ccc5cccc6ccc3c4c56)cc(-c3ccc(-n4c5ccccc5c5cccnc54)cc3)n2)nc1. The van der Waals surface area contributed by atoms with Crippen LogP contribution in [0.3, 0.4) is 0 Å². The van der Waals surface area contributed by atoms with E-state index in [1.54, 1.807) is 0 Å². The van der Waals surface area contributed by atoms with Crippen LogP contribution in [0.4, 0.5) is 0 Å². The van der Waals surface area contributed by atoms with Gasteiger partial charge in [0.15, 0.2) is 0 Å². The first-order valence-corrected chi connectivity index (χ1v) is 15.9. The van der Waals surface area contributed by atoms with Crippen molar-refractivity contribution in [2.24, 2.45) is 0 Å². The molecule has 47 heavy (non-hydrogen) atoms. The molecule has 0 amide bonds. The minimum Gasteiger partial charge on any atom is -0.294 e. The lowest BCUT2D eigenvalue weighted by molar-refractivity contribution is 1.13. The Balaban J connectivity index is 1.16. The minimum absolute atomic E-state index is 0.847. The zero-order valence-electron chi connectivity index (χ0n) is 25.3. The molecule has 0 aliphatic carbocycles. The molecule has 0 bridgehead atoms. The highest BCUT2D eigenvalue weighted by Gasteiger charge is 2.16. The molecule has 4 heterocycles. The van der Waals surface area contributed by atoms with Crippen LogP contribution in [-0.4, -0.2) is 19.5 Å². The number of nitrogens with zero attached hydrogens (tertiary/aromatic N) is 4. The summed E-state index contributed by atoms with van der Waals surface area (Å²) in [5.41, 5.74) is 9.09. The van der Waals surface area contributed by atoms with E-state index in [0.717, 1.165) is 50.4 Å². The van der Waals surface area contributed by atoms with E-state index in [-0.39, 0.29) is 0 Å². The molecule has 0 aliphatic heterocycles. The van der Waals surface area contributed by atoms with E-state index in [1.807, 2.05) is 36.7 Å². The second-order valence-corrected chi connectivity index (χ2v) is 12.1. The van der Waals surface area contributed by atoms with Gasteiger partial charge in [-0.3, -0.25) is 9.55 Å². The molecular weight excluding hydrogens is 573 g/mol. The second kappa shape index (κ2) is 10.1. The van der Waals surface area contributed by atoms with Crippen LogP contribution in [0.1, 0.15) is 0 Å². The van der Waals surface area contributed by atoms with Crippen molar-refractivity contribution in [3.8, 4) is 39.5 Å². The van der Waals surface area contributed by atoms with Gasteiger partial charge in [-0.25, -0.2) is 9.97 Å². The summed E-state index contributed by atoms with van der Waals surface area (Å²) < 4.78 is 2.24. The first-order chi connectivity index (χ1) is 23.3. The maximum atomic E-state index is 5.17. The molecule has 0 atom stereocenters. The van der Waals surface area contributed by atoms with Gasteiger partial charge in [0.1, 0.15) is 5.65 Å². The van der Waals surface area contributed by atoms with Gasteiger partial charge >= 0.3 is 0 Å². The first kappa shape index (κ1) is 25.9. The van der Waals surface area contributed by atoms with Gasteiger partial charge in [0.25, 0.3) is 0 Å². The zero-order chi connectivity index (χ0) is 30.9. The summed E-state index contributed by atoms with van der Waals surface area (Å²) in [6.07, 6.45) is 3.69. The Morgan fingerprint density at radius 3 is 2.00 bits per heavy atom. The highest BCUT2D eigenvalue weighted by atomic mass is 15.0. The number of aromatic nitrogens is 4. The highest BCUT2D eigenvalue weighted by Crippen LogP contribution is 2.41. The molecule has 0 N–H and O–H groups in total. The van der Waals surface area contributed by atoms with Crippen LogP contribution in [0.5, 0.6) is 0 Å². The lowest BCUT2D eigenvalue weighted by Crippen LogP contribution is -1.96. The fraction of sp³-hybridized carbons (Fsp3) is 0. The van der Waals surface area contributed by atoms with Gasteiger partial charge in [0, 0.05) is 34.4 Å². The van der Waals surface area contributed by atoms with E-state index in [9.17, 15) is 0 Å². The van der Waals surface area contributed by atoms with E-state index in [0.29, 0.717) is 0 Å². The second-order valence-electron chi connectivity index (χ2n) is 12.1. The van der Waals surface area contributed by atoms with Gasteiger partial charge in [-0.1, -0.05) is 91.0 Å². The van der Waals surface area contributed by atoms with Crippen LogP contribution in [-0.2, 0) is 0 Å². The van der Waals surface area contributed by atoms with Crippen LogP contribution >= 0.6 is 0 Å². The molecule has 4 aromatic heterocycles. The van der Waals surface area contributed by atoms with E-state index in [2.05, 4.69) is 131 Å². The number of benzene rings is 6. The third-order valence-corrected chi connectivity index (χ3v) is 9.45. The van der Waals surface area contributed by atoms with Crippen molar-refractivity contribution in [1.82, 2.24) is 19.5 Å². The van der Waals surface area contributed by atoms with Crippen molar-refractivity contribution in [3.63, 3.8) is 0 Å². The van der Waals surface area contributed by atoms with Gasteiger partial charge in [-0.15, -0.1) is 0 Å². The van der Waals surface area contributed by atoms with Crippen molar-refractivity contribution in [2.45, 2.75) is 0 Å². The van der Waals surface area contributed by atoms with Gasteiger partial charge in [0.05, 0.1) is 22.6 Å². The standard InChI is InChI=1S/C43H26N4/c1-2-12-40-34(9-1)36-10-6-24-45-43(36)47(40)32-19-15-27(16-20-32)38-25-31(26-39(46-38)37-11-3-4-23-44-37)33-21-17-30-14-13-28-7-5-8-29-18-22-35(33)42(30)41(28)29/h1-26H. The Morgan fingerprint density at radius 1 is 0.426 bits per heavy atom. The molecule has 10 rings (SSSR count). The quantitative estimate of drug-likeness (QED) is 0.189. The summed E-state index contributed by atoms with van der Waals surface area (Å²) in [6, 6.07) is 51.7. The van der Waals surface area contributed by atoms with Gasteiger partial charge in [-0.05, 0) is 98.0 Å². The number of pyridine rings is 3. The van der Waals surface area contributed by atoms with Crippen molar-refractivity contribution >= 4 is 54.3 Å². The number of rotatable bonds is 4. The van der Waals surface area contributed by atoms with Gasteiger partial charge < -0.3 is 0 Å². The summed E-state index contributed by atoms with van der Waals surface area (Å²) in [5.74, 6) is 0. The molecule has 0 unspecified atom stereocenters. The Morgan fingerprint density at radius 2 is 1.15 bits per heavy atom. The topological polar surface area (TPSA) is 43.6 Å². The summed E-state index contributed by atoms with van der Waals surface area (Å²) >= 11 is 0. The van der Waals surface area contributed by atoms with Crippen molar-refractivity contribution in [3.05, 3.63) is 158 Å². The third kappa shape index (κ3) is 3.98. The van der Waals surface area contributed by atoms with Gasteiger partial charge in [-0.2, -0.15) is 0 Å². The highest BCUT2D eigenvalue weighted by molar-refractivity contribution is 6.25. The molecule has 6 aromatic carbocycles. The third-order valence-electron chi connectivity index (χ3n) is 9.45. The summed E-state index contributed by atoms with van der Waals surface area (Å²) in [5, 5.41) is 9.99. The van der Waals surface area contributed by atoms with Crippen LogP contribution < -0.4 is 0 Å². The summed E-state index contributed by atoms with van der Waals surface area (Å²) in [4.78, 5) is 14.6. The number of para-hydroxylation sites is 1. The van der Waals surface area contributed by atoms with E-state index < -0.39 is 0 Å². The average molecular weight is 599 g/mol. The smallest absolute Gasteiger partial charge is 0.145 e. The zero-order valence-corrected chi connectivity index (χ0v) is 25.3. The monoisotopic (exact) mass is 598 g/mol. The van der Waals surface area contributed by atoms with Crippen LogP contribution in [0, 0.1) is 0 Å². The van der Waals surface area contributed by atoms with Crippen LogP contribution in [0.25, 0.3) is 93.7 Å².